The third kappa shape index (κ3) is 1.82. The summed E-state index contributed by atoms with van der Waals surface area (Å²) in [6, 6.07) is 0.155. The maximum absolute atomic E-state index is 11.6. The van der Waals surface area contributed by atoms with E-state index in [0.29, 0.717) is 12.1 Å². The van der Waals surface area contributed by atoms with Gasteiger partial charge in [-0.2, -0.15) is 0 Å². The first-order valence-electron chi connectivity index (χ1n) is 5.01. The van der Waals surface area contributed by atoms with E-state index in [0.717, 1.165) is 12.0 Å². The van der Waals surface area contributed by atoms with Gasteiger partial charge in [0.25, 0.3) is 0 Å². The Morgan fingerprint density at radius 3 is 3.06 bits per heavy atom. The fraction of sp³-hybridized carbons (Fsp3) is 0.600. The molecule has 0 spiro atoms. The van der Waals surface area contributed by atoms with Gasteiger partial charge in [-0.3, -0.25) is 4.79 Å². The lowest BCUT2D eigenvalue weighted by molar-refractivity contribution is -0.147. The fourth-order valence-corrected chi connectivity index (χ4v) is 2.29. The molecule has 2 aliphatic rings. The lowest BCUT2D eigenvalue weighted by Gasteiger charge is -2.37. The topological polar surface area (TPSA) is 55.8 Å². The van der Waals surface area contributed by atoms with Crippen LogP contribution in [0.3, 0.4) is 0 Å². The van der Waals surface area contributed by atoms with Crippen LogP contribution in [0.4, 0.5) is 0 Å². The van der Waals surface area contributed by atoms with Crippen molar-refractivity contribution in [3.05, 3.63) is 11.8 Å². The zero-order valence-electron chi connectivity index (χ0n) is 9.13. The zero-order chi connectivity index (χ0) is 11.7. The predicted molar refractivity (Wildman–Crippen MR) is 58.1 cm³/mol. The number of nitrogens with zero attached hydrogens (tertiary/aromatic N) is 1. The van der Waals surface area contributed by atoms with Gasteiger partial charge in [0.2, 0.25) is 5.91 Å². The van der Waals surface area contributed by atoms with Crippen LogP contribution in [-0.4, -0.2) is 35.9 Å². The van der Waals surface area contributed by atoms with E-state index in [9.17, 15) is 9.59 Å². The quantitative estimate of drug-likeness (QED) is 0.318. The molecule has 0 saturated carbocycles. The van der Waals surface area contributed by atoms with Gasteiger partial charge >= 0.3 is 5.97 Å². The van der Waals surface area contributed by atoms with Crippen LogP contribution in [0.2, 0.25) is 0 Å². The first-order chi connectivity index (χ1) is 7.65. The lowest BCUT2D eigenvalue weighted by Crippen LogP contribution is -2.51. The van der Waals surface area contributed by atoms with Crippen molar-refractivity contribution in [2.24, 2.45) is 5.92 Å². The Bertz CT molecular complexity index is 355. The molecule has 0 aliphatic carbocycles. The molecule has 16 heavy (non-hydrogen) atoms. The Kier molecular flexibility index (Phi) is 3.20. The van der Waals surface area contributed by atoms with Crippen molar-refractivity contribution >= 4 is 23.9 Å². The molecule has 2 aliphatic heterocycles. The van der Waals surface area contributed by atoms with E-state index in [-0.39, 0.29) is 23.8 Å². The number of rotatable bonds is 4. The summed E-state index contributed by atoms with van der Waals surface area (Å²) in [5.74, 6) is 0.0396. The summed E-state index contributed by atoms with van der Waals surface area (Å²) in [6.07, 6.45) is 2.32. The van der Waals surface area contributed by atoms with Gasteiger partial charge in [-0.1, -0.05) is 6.92 Å². The van der Waals surface area contributed by atoms with E-state index in [4.69, 9.17) is 8.92 Å². The molecule has 1 saturated heterocycles. The Hall–Kier alpha value is -1.01. The van der Waals surface area contributed by atoms with Crippen molar-refractivity contribution < 1.29 is 18.5 Å². The zero-order valence-corrected chi connectivity index (χ0v) is 9.95. The molecule has 0 aromatic rings. The summed E-state index contributed by atoms with van der Waals surface area (Å²) < 4.78 is 9.65. The minimum atomic E-state index is -0.468. The van der Waals surface area contributed by atoms with E-state index < -0.39 is 5.97 Å². The molecule has 0 aromatic carbocycles. The minimum Gasteiger partial charge on any atom is -0.384 e. The van der Waals surface area contributed by atoms with Gasteiger partial charge in [0.05, 0.1) is 18.1 Å². The second-order valence-corrected chi connectivity index (χ2v) is 4.48. The van der Waals surface area contributed by atoms with Crippen molar-refractivity contribution in [3.8, 4) is 0 Å². The van der Waals surface area contributed by atoms with Gasteiger partial charge in [0, 0.05) is 13.5 Å². The molecule has 0 N–H and O–H groups in total. The van der Waals surface area contributed by atoms with Crippen LogP contribution in [0, 0.1) is 5.92 Å². The molecule has 2 rings (SSSR count). The molecule has 5 nitrogen and oxygen atoms in total. The van der Waals surface area contributed by atoms with E-state index in [1.807, 2.05) is 6.92 Å². The average Bonchev–Trinajstić information content (AvgIpc) is 2.50. The number of hydrogen-bond acceptors (Lipinski definition) is 5. The number of hydrogen-bond donors (Lipinski definition) is 0. The fourth-order valence-electron chi connectivity index (χ4n) is 1.95. The standard InChI is InChI=1S/C10H13NO4S/c1-6-3-8(10(13)15-16-5-14-2)11-7(6)4-9(11)12/h3,6-7H,4-5H2,1-2H3. The minimum absolute atomic E-state index is 0.00529. The summed E-state index contributed by atoms with van der Waals surface area (Å²) in [7, 11) is 1.52. The number of β-lactam (4-membered cyclic amide) rings is 1. The van der Waals surface area contributed by atoms with Gasteiger partial charge < -0.3 is 13.8 Å². The second-order valence-electron chi connectivity index (χ2n) is 3.84. The molecule has 2 atom stereocenters. The molecule has 1 fully saturated rings. The Morgan fingerprint density at radius 1 is 1.69 bits per heavy atom. The Labute approximate surface area is 98.0 Å². The van der Waals surface area contributed by atoms with Crippen LogP contribution >= 0.6 is 12.0 Å². The highest BCUT2D eigenvalue weighted by Gasteiger charge is 2.48. The number of carbonyl (C=O) groups excluding carboxylic acids is 2. The number of methoxy groups -OCH3 is 1. The molecule has 2 heterocycles. The molecule has 6 heteroatoms. The first kappa shape index (κ1) is 11.5. The van der Waals surface area contributed by atoms with Crippen LogP contribution < -0.4 is 0 Å². The van der Waals surface area contributed by atoms with Crippen LogP contribution in [0.15, 0.2) is 11.8 Å². The van der Waals surface area contributed by atoms with Crippen molar-refractivity contribution in [1.29, 1.82) is 0 Å². The van der Waals surface area contributed by atoms with E-state index in [2.05, 4.69) is 0 Å². The van der Waals surface area contributed by atoms with E-state index >= 15 is 0 Å². The van der Waals surface area contributed by atoms with Gasteiger partial charge in [-0.05, 0) is 12.0 Å². The highest BCUT2D eigenvalue weighted by Crippen LogP contribution is 2.38. The number of fused-ring (bicyclic) bond motifs is 1. The molecule has 0 bridgehead atoms. The van der Waals surface area contributed by atoms with E-state index in [1.165, 1.54) is 12.0 Å². The summed E-state index contributed by atoms with van der Waals surface area (Å²) >= 11 is 0.927. The maximum atomic E-state index is 11.6. The third-order valence-electron chi connectivity index (χ3n) is 2.78. The van der Waals surface area contributed by atoms with Crippen molar-refractivity contribution in [3.63, 3.8) is 0 Å². The SMILES string of the molecule is COCSOC(=O)C1=CC(C)C2CC(=O)N12. The normalized spacial score (nSPS) is 27.2. The van der Waals surface area contributed by atoms with Gasteiger partial charge in [-0.15, -0.1) is 0 Å². The number of carbonyl (C=O) groups is 2. The highest BCUT2D eigenvalue weighted by atomic mass is 32.2. The maximum Gasteiger partial charge on any atom is 0.366 e. The summed E-state index contributed by atoms with van der Waals surface area (Å²) in [6.45, 7) is 1.99. The Morgan fingerprint density at radius 2 is 2.44 bits per heavy atom. The number of ether oxygens (including phenoxy) is 1. The predicted octanol–water partition coefficient (Wildman–Crippen LogP) is 0.916. The molecule has 88 valence electrons. The highest BCUT2D eigenvalue weighted by molar-refractivity contribution is 7.94. The lowest BCUT2D eigenvalue weighted by atomic mass is 9.94. The van der Waals surface area contributed by atoms with Crippen molar-refractivity contribution in [2.45, 2.75) is 19.4 Å². The molecular weight excluding hydrogens is 230 g/mol. The first-order valence-corrected chi connectivity index (χ1v) is 5.93. The monoisotopic (exact) mass is 243 g/mol. The average molecular weight is 243 g/mol. The van der Waals surface area contributed by atoms with Crippen molar-refractivity contribution in [2.75, 3.05) is 13.0 Å². The largest absolute Gasteiger partial charge is 0.384 e. The summed E-state index contributed by atoms with van der Waals surface area (Å²) in [4.78, 5) is 24.5. The van der Waals surface area contributed by atoms with Gasteiger partial charge in [0.15, 0.2) is 0 Å². The molecule has 2 unspecified atom stereocenters. The summed E-state index contributed by atoms with van der Waals surface area (Å²) in [5.41, 5.74) is 0.373. The molecule has 0 aromatic heterocycles. The number of amides is 1. The summed E-state index contributed by atoms with van der Waals surface area (Å²) in [5, 5.41) is 0. The second kappa shape index (κ2) is 4.47. The van der Waals surface area contributed by atoms with Gasteiger partial charge in [0.1, 0.15) is 11.6 Å². The molecular formula is C10H13NO4S. The van der Waals surface area contributed by atoms with Crippen LogP contribution in [0.5, 0.6) is 0 Å². The van der Waals surface area contributed by atoms with Gasteiger partial charge in [-0.25, -0.2) is 4.79 Å². The van der Waals surface area contributed by atoms with E-state index in [1.54, 1.807) is 6.08 Å². The smallest absolute Gasteiger partial charge is 0.366 e. The third-order valence-corrected chi connectivity index (χ3v) is 3.38. The molecule has 1 amide bonds. The molecule has 0 radical (unpaired) electrons. The van der Waals surface area contributed by atoms with Crippen molar-refractivity contribution in [1.82, 2.24) is 4.90 Å². The van der Waals surface area contributed by atoms with Crippen LogP contribution in [-0.2, 0) is 18.5 Å². The van der Waals surface area contributed by atoms with Crippen LogP contribution in [0.25, 0.3) is 0 Å². The Balaban J connectivity index is 1.96. The van der Waals surface area contributed by atoms with Crippen LogP contribution in [0.1, 0.15) is 13.3 Å².